The fourth-order valence-corrected chi connectivity index (χ4v) is 7.98. The Bertz CT molecular complexity index is 3130. The predicted molar refractivity (Wildman–Crippen MR) is 200 cm³/mol. The first-order valence-corrected chi connectivity index (χ1v) is 16.4. The summed E-state index contributed by atoms with van der Waals surface area (Å²) < 4.78 is 35.5. The zero-order chi connectivity index (χ0) is 34.4. The van der Waals surface area contributed by atoms with Crippen LogP contribution in [0.15, 0.2) is 140 Å². The molecule has 0 saturated heterocycles. The molecule has 0 bridgehead atoms. The molecule has 0 aliphatic carbocycles. The SMILES string of the molecule is [C-]#[N+]c1c(-n2c3ccccc3c3ccc4c5ccccc5n(-c5ccccc5)c4c32)ccc(C#N)c1-n1c2ccc(F)cc2c2cc(F)ccc21. The standard InChI is InChI=1S/C44H23F2N5/c1-48-41-40(20-15-26(25-47)42(41)50-38-21-16-27(45)23-34(38)35-24-28(46)17-22-39(35)50)51-37-14-8-6-12-31(37)33-19-18-32-30-11-5-7-13-36(30)49(43(32)44(33)51)29-9-3-2-4-10-29/h2-24H. The third-order valence-corrected chi connectivity index (χ3v) is 10.00. The average molecular weight is 660 g/mol. The van der Waals surface area contributed by atoms with Gasteiger partial charge in [-0.25, -0.2) is 13.6 Å². The minimum atomic E-state index is -0.464. The van der Waals surface area contributed by atoms with Gasteiger partial charge in [0.05, 0.1) is 62.7 Å². The Morgan fingerprint density at radius 1 is 0.510 bits per heavy atom. The van der Waals surface area contributed by atoms with Crippen molar-refractivity contribution >= 4 is 71.1 Å². The van der Waals surface area contributed by atoms with Gasteiger partial charge in [-0.1, -0.05) is 66.7 Å². The van der Waals surface area contributed by atoms with Gasteiger partial charge in [0.1, 0.15) is 11.6 Å². The molecule has 0 atom stereocenters. The first-order valence-electron chi connectivity index (χ1n) is 16.4. The highest BCUT2D eigenvalue weighted by molar-refractivity contribution is 6.24. The predicted octanol–water partition coefficient (Wildman–Crippen LogP) is 11.7. The van der Waals surface area contributed by atoms with Crippen LogP contribution in [-0.4, -0.2) is 13.7 Å². The molecule has 0 aliphatic rings. The summed E-state index contributed by atoms with van der Waals surface area (Å²) in [6.45, 7) is 8.69. The van der Waals surface area contributed by atoms with Crippen LogP contribution in [0.3, 0.4) is 0 Å². The summed E-state index contributed by atoms with van der Waals surface area (Å²) >= 11 is 0. The number of hydrogen-bond acceptors (Lipinski definition) is 1. The molecule has 3 aromatic heterocycles. The maximum atomic E-state index is 14.7. The van der Waals surface area contributed by atoms with Crippen molar-refractivity contribution in [3.8, 4) is 23.1 Å². The van der Waals surface area contributed by atoms with E-state index in [1.54, 1.807) is 22.8 Å². The van der Waals surface area contributed by atoms with Crippen molar-refractivity contribution in [2.24, 2.45) is 0 Å². The summed E-state index contributed by atoms with van der Waals surface area (Å²) in [5, 5.41) is 15.7. The van der Waals surface area contributed by atoms with Crippen LogP contribution in [0.4, 0.5) is 14.5 Å². The second-order valence-corrected chi connectivity index (χ2v) is 12.6. The number of hydrogen-bond donors (Lipinski definition) is 0. The van der Waals surface area contributed by atoms with E-state index in [1.165, 1.54) is 24.3 Å². The lowest BCUT2D eigenvalue weighted by Crippen LogP contribution is -2.03. The molecule has 0 aliphatic heterocycles. The molecule has 0 radical (unpaired) electrons. The van der Waals surface area contributed by atoms with Crippen molar-refractivity contribution in [3.63, 3.8) is 0 Å². The van der Waals surface area contributed by atoms with E-state index >= 15 is 0 Å². The van der Waals surface area contributed by atoms with Crippen LogP contribution in [-0.2, 0) is 0 Å². The highest BCUT2D eigenvalue weighted by Crippen LogP contribution is 2.46. The first kappa shape index (κ1) is 28.8. The lowest BCUT2D eigenvalue weighted by molar-refractivity contribution is 0.628. The summed E-state index contributed by atoms with van der Waals surface area (Å²) in [5.41, 5.74) is 7.42. The van der Waals surface area contributed by atoms with Gasteiger partial charge in [0, 0.05) is 38.0 Å². The summed E-state index contributed by atoms with van der Waals surface area (Å²) in [6.07, 6.45) is 0. The van der Waals surface area contributed by atoms with Gasteiger partial charge in [-0.05, 0) is 72.8 Å². The molecule has 3 heterocycles. The number of halogens is 2. The average Bonchev–Trinajstić information content (AvgIpc) is 3.79. The highest BCUT2D eigenvalue weighted by atomic mass is 19.1. The molecular formula is C44H23F2N5. The highest BCUT2D eigenvalue weighted by Gasteiger charge is 2.26. The molecule has 5 nitrogen and oxygen atoms in total. The van der Waals surface area contributed by atoms with Crippen molar-refractivity contribution in [2.45, 2.75) is 0 Å². The van der Waals surface area contributed by atoms with Crippen molar-refractivity contribution in [3.05, 3.63) is 168 Å². The largest absolute Gasteiger partial charge is 0.318 e. The number of benzene rings is 7. The van der Waals surface area contributed by atoms with E-state index in [0.717, 1.165) is 49.3 Å². The molecule has 0 fully saturated rings. The zero-order valence-corrected chi connectivity index (χ0v) is 26.8. The number of nitriles is 1. The minimum absolute atomic E-state index is 0.239. The van der Waals surface area contributed by atoms with Crippen LogP contribution in [0.25, 0.3) is 87.3 Å². The third-order valence-electron chi connectivity index (χ3n) is 10.00. The summed E-state index contributed by atoms with van der Waals surface area (Å²) in [4.78, 5) is 4.16. The Morgan fingerprint density at radius 2 is 1.04 bits per heavy atom. The molecule has 7 heteroatoms. The molecule has 10 rings (SSSR count). The quantitative estimate of drug-likeness (QED) is 0.174. The number of aromatic nitrogens is 3. The Labute approximate surface area is 289 Å². The van der Waals surface area contributed by atoms with Gasteiger partial charge in [0.2, 0.25) is 5.69 Å². The van der Waals surface area contributed by atoms with Gasteiger partial charge in [-0.2, -0.15) is 5.26 Å². The fraction of sp³-hybridized carbons (Fsp3) is 0. The molecule has 0 N–H and O–H groups in total. The summed E-state index contributed by atoms with van der Waals surface area (Å²) in [7, 11) is 0. The molecule has 0 saturated carbocycles. The van der Waals surface area contributed by atoms with E-state index in [2.05, 4.69) is 62.5 Å². The first-order chi connectivity index (χ1) is 25.1. The molecule has 238 valence electrons. The molecule has 51 heavy (non-hydrogen) atoms. The van der Waals surface area contributed by atoms with Crippen LogP contribution in [0, 0.1) is 29.5 Å². The Kier molecular flexibility index (Phi) is 6.00. The Morgan fingerprint density at radius 3 is 1.63 bits per heavy atom. The van der Waals surface area contributed by atoms with Crippen molar-refractivity contribution < 1.29 is 8.78 Å². The molecule has 0 amide bonds. The topological polar surface area (TPSA) is 42.9 Å². The number of rotatable bonds is 3. The Hall–Kier alpha value is -7.22. The van der Waals surface area contributed by atoms with Gasteiger partial charge in [0.25, 0.3) is 0 Å². The van der Waals surface area contributed by atoms with Crippen LogP contribution >= 0.6 is 0 Å². The van der Waals surface area contributed by atoms with Crippen molar-refractivity contribution in [1.29, 1.82) is 5.26 Å². The lowest BCUT2D eigenvalue weighted by atomic mass is 10.1. The fourth-order valence-electron chi connectivity index (χ4n) is 7.98. The molecule has 10 aromatic rings. The second kappa shape index (κ2) is 10.6. The maximum absolute atomic E-state index is 14.7. The monoisotopic (exact) mass is 659 g/mol. The molecule has 7 aromatic carbocycles. The summed E-state index contributed by atoms with van der Waals surface area (Å²) in [5.74, 6) is -0.929. The normalized spacial score (nSPS) is 11.7. The van der Waals surface area contributed by atoms with Crippen LogP contribution in [0.1, 0.15) is 5.56 Å². The third kappa shape index (κ3) is 3.92. The molecule has 0 unspecified atom stereocenters. The number of para-hydroxylation sites is 3. The van der Waals surface area contributed by atoms with E-state index in [9.17, 15) is 14.0 Å². The number of nitrogens with zero attached hydrogens (tertiary/aromatic N) is 5. The second-order valence-electron chi connectivity index (χ2n) is 12.6. The van der Waals surface area contributed by atoms with Crippen LogP contribution in [0.5, 0.6) is 0 Å². The van der Waals surface area contributed by atoms with Crippen molar-refractivity contribution in [1.82, 2.24) is 13.7 Å². The summed E-state index contributed by atoms with van der Waals surface area (Å²) in [6, 6.07) is 45.6. The van der Waals surface area contributed by atoms with E-state index in [1.807, 2.05) is 54.6 Å². The molecule has 0 spiro atoms. The van der Waals surface area contributed by atoms with E-state index in [0.29, 0.717) is 33.2 Å². The van der Waals surface area contributed by atoms with Gasteiger partial charge in [-0.15, -0.1) is 0 Å². The van der Waals surface area contributed by atoms with E-state index in [-0.39, 0.29) is 11.3 Å². The Balaban J connectivity index is 1.42. The van der Waals surface area contributed by atoms with E-state index in [4.69, 9.17) is 6.57 Å². The van der Waals surface area contributed by atoms with Gasteiger partial charge >= 0.3 is 0 Å². The lowest BCUT2D eigenvalue weighted by Gasteiger charge is -2.18. The van der Waals surface area contributed by atoms with Gasteiger partial charge in [-0.3, -0.25) is 0 Å². The number of fused-ring (bicyclic) bond motifs is 10. The maximum Gasteiger partial charge on any atom is 0.235 e. The molecular weight excluding hydrogens is 637 g/mol. The smallest absolute Gasteiger partial charge is 0.235 e. The van der Waals surface area contributed by atoms with Gasteiger partial charge < -0.3 is 13.7 Å². The minimum Gasteiger partial charge on any atom is -0.318 e. The van der Waals surface area contributed by atoms with Crippen molar-refractivity contribution in [2.75, 3.05) is 0 Å². The van der Waals surface area contributed by atoms with E-state index < -0.39 is 11.6 Å². The van der Waals surface area contributed by atoms with Crippen LogP contribution < -0.4 is 0 Å². The van der Waals surface area contributed by atoms with Gasteiger partial charge in [0.15, 0.2) is 0 Å². The zero-order valence-electron chi connectivity index (χ0n) is 26.8. The van der Waals surface area contributed by atoms with Crippen LogP contribution in [0.2, 0.25) is 0 Å².